The molecule has 0 aliphatic carbocycles. The van der Waals surface area contributed by atoms with Crippen molar-refractivity contribution in [2.24, 2.45) is 7.05 Å². The van der Waals surface area contributed by atoms with Crippen LogP contribution in [0.15, 0.2) is 59.1 Å². The largest absolute Gasteiger partial charge is 0.356 e. The second-order valence-electron chi connectivity index (χ2n) is 10.5. The molecule has 1 rings (SSSR count). The molecule has 6 heteroatoms. The highest BCUT2D eigenvalue weighted by Crippen LogP contribution is 2.13. The maximum absolute atomic E-state index is 12.3. The van der Waals surface area contributed by atoms with Crippen molar-refractivity contribution in [3.05, 3.63) is 64.8 Å². The lowest BCUT2D eigenvalue weighted by atomic mass is 10.0. The first-order valence-corrected chi connectivity index (χ1v) is 13.7. The molecule has 1 aromatic heterocycles. The molecule has 0 aliphatic heterocycles. The number of aromatic nitrogens is 2. The minimum absolute atomic E-state index is 0.00487. The Morgan fingerprint density at radius 2 is 1.43 bits per heavy atom. The molecule has 0 aromatic carbocycles. The zero-order valence-electron chi connectivity index (χ0n) is 24.5. The van der Waals surface area contributed by atoms with Gasteiger partial charge in [-0.15, -0.1) is 0 Å². The zero-order chi connectivity index (χ0) is 27.6. The predicted octanol–water partition coefficient (Wildman–Crippen LogP) is 5.64. The molecule has 0 atom stereocenters. The number of nitrogens with one attached hydrogen (secondary N) is 2. The van der Waals surface area contributed by atoms with Gasteiger partial charge in [-0.05, 0) is 73.1 Å². The third-order valence-electron chi connectivity index (χ3n) is 6.27. The van der Waals surface area contributed by atoms with E-state index in [1.165, 1.54) is 29.3 Å². The fraction of sp³-hybridized carbons (Fsp3) is 0.581. The van der Waals surface area contributed by atoms with Gasteiger partial charge in [0, 0.05) is 38.9 Å². The molecule has 1 heterocycles. The van der Waals surface area contributed by atoms with Crippen molar-refractivity contribution in [3.8, 4) is 0 Å². The second kappa shape index (κ2) is 18.4. The van der Waals surface area contributed by atoms with Gasteiger partial charge in [-0.2, -0.15) is 0 Å². The molecule has 0 saturated heterocycles. The van der Waals surface area contributed by atoms with E-state index in [2.05, 4.69) is 71.9 Å². The molecule has 1 aromatic rings. The third kappa shape index (κ3) is 16.5. The summed E-state index contributed by atoms with van der Waals surface area (Å²) in [7, 11) is 2.02. The first-order chi connectivity index (χ1) is 17.6. The van der Waals surface area contributed by atoms with Crippen LogP contribution in [0.5, 0.6) is 0 Å². The van der Waals surface area contributed by atoms with Gasteiger partial charge in [-0.3, -0.25) is 9.59 Å². The number of hydrogen-bond acceptors (Lipinski definition) is 2. The number of amides is 2. The highest BCUT2D eigenvalue weighted by Gasteiger charge is 2.10. The molecule has 6 nitrogen and oxygen atoms in total. The minimum atomic E-state index is -0.0238. The van der Waals surface area contributed by atoms with Gasteiger partial charge in [0.15, 0.2) is 0 Å². The number of carbonyl (C=O) groups is 2. The van der Waals surface area contributed by atoms with Gasteiger partial charge in [-0.25, -0.2) is 9.13 Å². The topological polar surface area (TPSA) is 67.0 Å². The SMILES string of the molecule is CC(=O)NCCC[n+]1cc(CCNC(=O)/C=C(\C)CC/C=C(\C)CC/C=C(\C)CCC=C(C)C)n(C)c1. The van der Waals surface area contributed by atoms with Crippen LogP contribution in [-0.4, -0.2) is 29.5 Å². The van der Waals surface area contributed by atoms with E-state index in [0.717, 1.165) is 63.5 Å². The van der Waals surface area contributed by atoms with Crippen molar-refractivity contribution in [2.75, 3.05) is 13.1 Å². The quantitative estimate of drug-likeness (QED) is 0.123. The molecule has 0 fully saturated rings. The lowest BCUT2D eigenvalue weighted by Crippen LogP contribution is -2.33. The zero-order valence-corrected chi connectivity index (χ0v) is 24.5. The molecule has 0 radical (unpaired) electrons. The first kappa shape index (κ1) is 32.1. The Bertz CT molecular complexity index is 975. The molecular formula is C31H51N4O2+. The summed E-state index contributed by atoms with van der Waals surface area (Å²) in [5, 5.41) is 5.83. The smallest absolute Gasteiger partial charge is 0.243 e. The minimum Gasteiger partial charge on any atom is -0.356 e. The van der Waals surface area contributed by atoms with E-state index >= 15 is 0 Å². The van der Waals surface area contributed by atoms with E-state index in [0.29, 0.717) is 13.1 Å². The van der Waals surface area contributed by atoms with Gasteiger partial charge in [0.2, 0.25) is 18.1 Å². The van der Waals surface area contributed by atoms with E-state index < -0.39 is 0 Å². The number of aryl methyl sites for hydroxylation is 2. The summed E-state index contributed by atoms with van der Waals surface area (Å²) in [6.45, 7) is 14.4. The highest BCUT2D eigenvalue weighted by molar-refractivity contribution is 5.88. The molecule has 0 saturated carbocycles. The Balaban J connectivity index is 2.30. The van der Waals surface area contributed by atoms with Crippen molar-refractivity contribution in [1.29, 1.82) is 0 Å². The first-order valence-electron chi connectivity index (χ1n) is 13.7. The van der Waals surface area contributed by atoms with Crippen LogP contribution in [0.4, 0.5) is 0 Å². The number of hydrogen-bond donors (Lipinski definition) is 2. The Kier molecular flexibility index (Phi) is 16.0. The highest BCUT2D eigenvalue weighted by atomic mass is 16.2. The van der Waals surface area contributed by atoms with E-state index in [1.807, 2.05) is 20.3 Å². The molecule has 2 N–H and O–H groups in total. The Morgan fingerprint density at radius 1 is 0.838 bits per heavy atom. The van der Waals surface area contributed by atoms with E-state index in [1.54, 1.807) is 6.08 Å². The van der Waals surface area contributed by atoms with E-state index in [9.17, 15) is 9.59 Å². The van der Waals surface area contributed by atoms with E-state index in [-0.39, 0.29) is 11.8 Å². The summed E-state index contributed by atoms with van der Waals surface area (Å²) < 4.78 is 4.21. The van der Waals surface area contributed by atoms with Gasteiger partial charge < -0.3 is 10.6 Å². The molecule has 0 bridgehead atoms. The van der Waals surface area contributed by atoms with Crippen molar-refractivity contribution in [3.63, 3.8) is 0 Å². The fourth-order valence-corrected chi connectivity index (χ4v) is 4.05. The van der Waals surface area contributed by atoms with Gasteiger partial charge in [0.05, 0.1) is 13.6 Å². The molecule has 0 unspecified atom stereocenters. The Labute approximate surface area is 225 Å². The average Bonchev–Trinajstić information content (AvgIpc) is 3.15. The lowest BCUT2D eigenvalue weighted by Gasteiger charge is -2.04. The van der Waals surface area contributed by atoms with Gasteiger partial charge in [0.1, 0.15) is 11.9 Å². The maximum atomic E-state index is 12.3. The van der Waals surface area contributed by atoms with Crippen molar-refractivity contribution in [1.82, 2.24) is 15.2 Å². The van der Waals surface area contributed by atoms with Gasteiger partial charge in [0.25, 0.3) is 0 Å². The summed E-state index contributed by atoms with van der Waals surface area (Å²) in [6.07, 6.45) is 20.9. The van der Waals surface area contributed by atoms with Crippen LogP contribution in [0.2, 0.25) is 0 Å². The molecule has 0 aliphatic rings. The molecule has 206 valence electrons. The number of imidazole rings is 1. The van der Waals surface area contributed by atoms with Crippen LogP contribution < -0.4 is 15.2 Å². The number of rotatable bonds is 17. The molecule has 37 heavy (non-hydrogen) atoms. The van der Waals surface area contributed by atoms with Crippen molar-refractivity contribution >= 4 is 11.8 Å². The summed E-state index contributed by atoms with van der Waals surface area (Å²) in [6, 6.07) is 0. The average molecular weight is 512 g/mol. The summed E-state index contributed by atoms with van der Waals surface area (Å²) in [5.41, 5.74) is 6.55. The number of carbonyl (C=O) groups excluding carboxylic acids is 2. The second-order valence-corrected chi connectivity index (χ2v) is 10.5. The summed E-state index contributed by atoms with van der Waals surface area (Å²) in [4.78, 5) is 23.3. The molecule has 2 amide bonds. The summed E-state index contributed by atoms with van der Waals surface area (Å²) >= 11 is 0. The van der Waals surface area contributed by atoms with Crippen molar-refractivity contribution in [2.45, 2.75) is 99.5 Å². The Morgan fingerprint density at radius 3 is 2.03 bits per heavy atom. The van der Waals surface area contributed by atoms with E-state index in [4.69, 9.17) is 0 Å². The van der Waals surface area contributed by atoms with Gasteiger partial charge in [-0.1, -0.05) is 40.5 Å². The van der Waals surface area contributed by atoms with Crippen LogP contribution in [0, 0.1) is 0 Å². The van der Waals surface area contributed by atoms with Crippen LogP contribution in [0.25, 0.3) is 0 Å². The van der Waals surface area contributed by atoms with Crippen LogP contribution in [-0.2, 0) is 29.6 Å². The Hall–Kier alpha value is -2.89. The van der Waals surface area contributed by atoms with Gasteiger partial charge >= 0.3 is 0 Å². The molecular weight excluding hydrogens is 460 g/mol. The number of allylic oxidation sites excluding steroid dienone is 7. The third-order valence-corrected chi connectivity index (χ3v) is 6.27. The summed E-state index contributed by atoms with van der Waals surface area (Å²) in [5.74, 6) is -0.0189. The van der Waals surface area contributed by atoms with Crippen LogP contribution >= 0.6 is 0 Å². The van der Waals surface area contributed by atoms with Crippen molar-refractivity contribution < 1.29 is 14.2 Å². The number of nitrogens with zero attached hydrogens (tertiary/aromatic N) is 2. The van der Waals surface area contributed by atoms with Crippen LogP contribution in [0.1, 0.15) is 92.2 Å². The normalized spacial score (nSPS) is 12.5. The molecule has 0 spiro atoms. The lowest BCUT2D eigenvalue weighted by molar-refractivity contribution is -0.696. The standard InChI is InChI=1S/C31H50N4O2/c1-25(2)12-8-13-26(3)14-9-15-27(4)16-10-17-28(5)22-31(37)33-20-18-30-23-35(24-34(30)7)21-11-19-32-29(6)36/h12,14,16,22-24H,8-11,13,15,17-21H2,1-7H3,(H-,32,33,36,37)/p+1/b26-14+,27-16+,28-22+. The predicted molar refractivity (Wildman–Crippen MR) is 154 cm³/mol. The fourth-order valence-electron chi connectivity index (χ4n) is 4.05. The monoisotopic (exact) mass is 511 g/mol. The van der Waals surface area contributed by atoms with Crippen LogP contribution in [0.3, 0.4) is 0 Å². The maximum Gasteiger partial charge on any atom is 0.243 e.